The zero-order valence-corrected chi connectivity index (χ0v) is 15.5. The molecule has 4 rings (SSSR count). The van der Waals surface area contributed by atoms with Gasteiger partial charge in [-0.1, -0.05) is 11.8 Å². The first-order valence-corrected chi connectivity index (χ1v) is 10.0. The van der Waals surface area contributed by atoms with Crippen LogP contribution in [0.2, 0.25) is 0 Å². The van der Waals surface area contributed by atoms with Gasteiger partial charge in [-0.05, 0) is 50.3 Å². The quantitative estimate of drug-likeness (QED) is 0.512. The van der Waals surface area contributed by atoms with Crippen molar-refractivity contribution in [3.63, 3.8) is 0 Å². The normalized spacial score (nSPS) is 15.0. The van der Waals surface area contributed by atoms with E-state index in [4.69, 9.17) is 14.7 Å². The summed E-state index contributed by atoms with van der Waals surface area (Å²) < 4.78 is 7.08. The second-order valence-corrected chi connectivity index (χ2v) is 8.54. The van der Waals surface area contributed by atoms with Crippen molar-refractivity contribution in [2.75, 3.05) is 0 Å². The highest BCUT2D eigenvalue weighted by Crippen LogP contribution is 2.35. The highest BCUT2D eigenvalue weighted by Gasteiger charge is 2.23. The van der Waals surface area contributed by atoms with Gasteiger partial charge in [0.05, 0.1) is 29.5 Å². The number of nitriles is 1. The molecule has 0 bridgehead atoms. The van der Waals surface area contributed by atoms with E-state index >= 15 is 0 Å². The summed E-state index contributed by atoms with van der Waals surface area (Å²) in [4.78, 5) is 20.1. The van der Waals surface area contributed by atoms with Crippen molar-refractivity contribution in [2.45, 2.75) is 49.6 Å². The fourth-order valence-corrected chi connectivity index (χ4v) is 5.29. The van der Waals surface area contributed by atoms with Crippen LogP contribution in [0.3, 0.4) is 0 Å². The number of furan rings is 1. The molecule has 128 valence electrons. The third-order valence-corrected chi connectivity index (χ3v) is 6.57. The third kappa shape index (κ3) is 3.00. The van der Waals surface area contributed by atoms with Crippen molar-refractivity contribution >= 4 is 33.3 Å². The lowest BCUT2D eigenvalue weighted by molar-refractivity contribution is 0.476. The molecule has 25 heavy (non-hydrogen) atoms. The maximum absolute atomic E-state index is 13.3. The molecule has 3 aromatic heterocycles. The number of thioether (sulfide) groups is 1. The third-order valence-electron chi connectivity index (χ3n) is 4.40. The molecule has 3 aromatic rings. The average molecular weight is 371 g/mol. The number of nitrogens with zero attached hydrogens (tertiary/aromatic N) is 3. The number of hydrogen-bond donors (Lipinski definition) is 0. The topological polar surface area (TPSA) is 71.8 Å². The van der Waals surface area contributed by atoms with Crippen molar-refractivity contribution in [1.29, 1.82) is 5.26 Å². The summed E-state index contributed by atoms with van der Waals surface area (Å²) in [6.07, 6.45) is 5.88. The Morgan fingerprint density at radius 1 is 1.48 bits per heavy atom. The molecule has 3 heterocycles. The van der Waals surface area contributed by atoms with Gasteiger partial charge in [-0.2, -0.15) is 5.26 Å². The highest BCUT2D eigenvalue weighted by molar-refractivity contribution is 8.00. The zero-order chi connectivity index (χ0) is 17.4. The van der Waals surface area contributed by atoms with Crippen LogP contribution < -0.4 is 5.56 Å². The van der Waals surface area contributed by atoms with Crippen molar-refractivity contribution in [3.8, 4) is 6.07 Å². The Hall–Kier alpha value is -2.04. The Balaban J connectivity index is 1.91. The minimum Gasteiger partial charge on any atom is -0.467 e. The Labute approximate surface area is 153 Å². The maximum Gasteiger partial charge on any atom is 0.263 e. The molecule has 0 unspecified atom stereocenters. The maximum atomic E-state index is 13.3. The molecule has 0 aliphatic heterocycles. The van der Waals surface area contributed by atoms with Crippen LogP contribution in [0.1, 0.15) is 36.0 Å². The van der Waals surface area contributed by atoms with Gasteiger partial charge < -0.3 is 4.42 Å². The van der Waals surface area contributed by atoms with E-state index in [1.807, 2.05) is 19.1 Å². The fraction of sp³-hybridized carbons (Fsp3) is 0.389. The van der Waals surface area contributed by atoms with E-state index in [0.29, 0.717) is 17.5 Å². The molecule has 0 N–H and O–H groups in total. The predicted octanol–water partition coefficient (Wildman–Crippen LogP) is 3.98. The molecule has 0 radical (unpaired) electrons. The van der Waals surface area contributed by atoms with E-state index in [-0.39, 0.29) is 10.8 Å². The summed E-state index contributed by atoms with van der Waals surface area (Å²) in [7, 11) is 0. The minimum absolute atomic E-state index is 0.0200. The first-order chi connectivity index (χ1) is 12.2. The van der Waals surface area contributed by atoms with Crippen LogP contribution >= 0.6 is 23.1 Å². The molecular formula is C18H17N3O2S2. The molecule has 1 atom stereocenters. The predicted molar refractivity (Wildman–Crippen MR) is 99.3 cm³/mol. The molecule has 0 saturated heterocycles. The highest BCUT2D eigenvalue weighted by atomic mass is 32.2. The van der Waals surface area contributed by atoms with Gasteiger partial charge in [0.2, 0.25) is 0 Å². The number of rotatable bonds is 4. The molecule has 0 aromatic carbocycles. The van der Waals surface area contributed by atoms with E-state index < -0.39 is 0 Å². The fourth-order valence-electron chi connectivity index (χ4n) is 3.19. The van der Waals surface area contributed by atoms with Crippen molar-refractivity contribution in [2.24, 2.45) is 0 Å². The van der Waals surface area contributed by atoms with Gasteiger partial charge in [0, 0.05) is 4.88 Å². The summed E-state index contributed by atoms with van der Waals surface area (Å²) in [6.45, 7) is 2.15. The van der Waals surface area contributed by atoms with Crippen molar-refractivity contribution < 1.29 is 4.42 Å². The van der Waals surface area contributed by atoms with E-state index in [1.54, 1.807) is 22.2 Å². The van der Waals surface area contributed by atoms with Crippen LogP contribution in [-0.4, -0.2) is 14.8 Å². The summed E-state index contributed by atoms with van der Waals surface area (Å²) >= 11 is 2.96. The van der Waals surface area contributed by atoms with Gasteiger partial charge in [0.25, 0.3) is 5.56 Å². The number of aromatic nitrogens is 2. The van der Waals surface area contributed by atoms with Gasteiger partial charge in [0.15, 0.2) is 5.16 Å². The lowest BCUT2D eigenvalue weighted by Gasteiger charge is -2.13. The molecule has 0 saturated carbocycles. The van der Waals surface area contributed by atoms with E-state index in [0.717, 1.165) is 29.5 Å². The van der Waals surface area contributed by atoms with Gasteiger partial charge in [-0.15, -0.1) is 11.3 Å². The summed E-state index contributed by atoms with van der Waals surface area (Å²) in [5.74, 6) is 0.707. The summed E-state index contributed by atoms with van der Waals surface area (Å²) in [5.41, 5.74) is 1.16. The SMILES string of the molecule is C[C@H](C#N)Sc1nc2sc3c(c2c(=O)n1Cc1ccco1)CCCC3. The van der Waals surface area contributed by atoms with Gasteiger partial charge >= 0.3 is 0 Å². The molecule has 0 fully saturated rings. The second kappa shape index (κ2) is 6.70. The van der Waals surface area contributed by atoms with E-state index in [1.165, 1.54) is 28.6 Å². The first-order valence-electron chi connectivity index (χ1n) is 8.31. The number of thiophene rings is 1. The van der Waals surface area contributed by atoms with Gasteiger partial charge in [-0.25, -0.2) is 4.98 Å². The molecule has 1 aliphatic carbocycles. The first kappa shape index (κ1) is 16.4. The lowest BCUT2D eigenvalue weighted by atomic mass is 9.97. The molecule has 1 aliphatic rings. The molecule has 5 nitrogen and oxygen atoms in total. The molecular weight excluding hydrogens is 354 g/mol. The van der Waals surface area contributed by atoms with Crippen LogP contribution in [0.4, 0.5) is 0 Å². The number of fused-ring (bicyclic) bond motifs is 3. The lowest BCUT2D eigenvalue weighted by Crippen LogP contribution is -2.24. The van der Waals surface area contributed by atoms with Crippen LogP contribution in [0.5, 0.6) is 0 Å². The Morgan fingerprint density at radius 2 is 2.32 bits per heavy atom. The smallest absolute Gasteiger partial charge is 0.263 e. The van der Waals surface area contributed by atoms with Crippen LogP contribution in [0, 0.1) is 11.3 Å². The minimum atomic E-state index is -0.276. The molecule has 0 amide bonds. The standard InChI is InChI=1S/C18H17N3O2S2/c1-11(9-19)24-18-20-16-15(13-6-2-3-7-14(13)25-16)17(22)21(18)10-12-5-4-8-23-12/h4-5,8,11H,2-3,6-7,10H2,1H3/t11-/m1/s1. The average Bonchev–Trinajstić information content (AvgIpc) is 3.25. The second-order valence-electron chi connectivity index (χ2n) is 6.15. The summed E-state index contributed by atoms with van der Waals surface area (Å²) in [6, 6.07) is 5.86. The largest absolute Gasteiger partial charge is 0.467 e. The van der Waals surface area contributed by atoms with Crippen LogP contribution in [0.25, 0.3) is 10.2 Å². The van der Waals surface area contributed by atoms with Crippen LogP contribution in [0.15, 0.2) is 32.8 Å². The Kier molecular flexibility index (Phi) is 4.40. The van der Waals surface area contributed by atoms with E-state index in [2.05, 4.69) is 6.07 Å². The van der Waals surface area contributed by atoms with Gasteiger partial charge in [0.1, 0.15) is 10.6 Å². The zero-order valence-electron chi connectivity index (χ0n) is 13.8. The molecule has 7 heteroatoms. The van der Waals surface area contributed by atoms with Crippen LogP contribution in [-0.2, 0) is 19.4 Å². The monoisotopic (exact) mass is 371 g/mol. The molecule has 0 spiro atoms. The van der Waals surface area contributed by atoms with Crippen molar-refractivity contribution in [3.05, 3.63) is 45.0 Å². The van der Waals surface area contributed by atoms with E-state index in [9.17, 15) is 4.79 Å². The number of hydrogen-bond acceptors (Lipinski definition) is 6. The Bertz CT molecular complexity index is 1010. The Morgan fingerprint density at radius 3 is 3.08 bits per heavy atom. The van der Waals surface area contributed by atoms with Gasteiger partial charge in [-0.3, -0.25) is 9.36 Å². The van der Waals surface area contributed by atoms with Crippen molar-refractivity contribution in [1.82, 2.24) is 9.55 Å². The summed E-state index contributed by atoms with van der Waals surface area (Å²) in [5, 5.41) is 10.2. The number of aryl methyl sites for hydroxylation is 2.